The largest absolute Gasteiger partial charge is 0.374 e. The summed E-state index contributed by atoms with van der Waals surface area (Å²) in [6.07, 6.45) is 6.99. The highest BCUT2D eigenvalue weighted by Gasteiger charge is 2.01. The van der Waals surface area contributed by atoms with Crippen molar-refractivity contribution in [3.05, 3.63) is 66.9 Å². The van der Waals surface area contributed by atoms with Gasteiger partial charge in [-0.25, -0.2) is 4.98 Å². The van der Waals surface area contributed by atoms with E-state index in [9.17, 15) is 0 Å². The van der Waals surface area contributed by atoms with E-state index in [4.69, 9.17) is 0 Å². The zero-order chi connectivity index (χ0) is 15.5. The van der Waals surface area contributed by atoms with E-state index in [1.54, 1.807) is 0 Å². The molecule has 2 rings (SSSR count). The van der Waals surface area contributed by atoms with Crippen LogP contribution in [-0.2, 0) is 13.1 Å². The summed E-state index contributed by atoms with van der Waals surface area (Å²) in [5.41, 5.74) is 2.39. The number of nitrogens with zero attached hydrogens (tertiary/aromatic N) is 3. The van der Waals surface area contributed by atoms with Crippen molar-refractivity contribution in [1.29, 1.82) is 0 Å². The monoisotopic (exact) mass is 285 g/mol. The summed E-state index contributed by atoms with van der Waals surface area (Å²) in [5, 5.41) is 0. The minimum Gasteiger partial charge on any atom is -0.374 e. The second kappa shape index (κ2) is 9.81. The molecule has 0 radical (unpaired) electrons. The summed E-state index contributed by atoms with van der Waals surface area (Å²) < 4.78 is 2.14. The molecule has 1 aromatic heterocycles. The van der Waals surface area contributed by atoms with Gasteiger partial charge in [-0.2, -0.15) is 0 Å². The number of aryl methyl sites for hydroxylation is 2. The Balaban J connectivity index is 0.00000106. The van der Waals surface area contributed by atoms with Crippen molar-refractivity contribution in [2.24, 2.45) is 0 Å². The summed E-state index contributed by atoms with van der Waals surface area (Å²) in [7, 11) is 0. The van der Waals surface area contributed by atoms with E-state index >= 15 is 0 Å². The molecule has 0 fully saturated rings. The highest BCUT2D eigenvalue weighted by Crippen LogP contribution is 2.06. The van der Waals surface area contributed by atoms with Crippen LogP contribution in [0.3, 0.4) is 0 Å². The zero-order valence-corrected chi connectivity index (χ0v) is 13.5. The van der Waals surface area contributed by atoms with Crippen LogP contribution in [0.15, 0.2) is 55.6 Å². The van der Waals surface area contributed by atoms with Crippen LogP contribution in [-0.4, -0.2) is 21.0 Å². The lowest BCUT2D eigenvalue weighted by molar-refractivity contribution is 0.353. The summed E-state index contributed by atoms with van der Waals surface area (Å²) in [4.78, 5) is 6.48. The molecule has 3 nitrogen and oxygen atoms in total. The fourth-order valence-electron chi connectivity index (χ4n) is 2.10. The average Bonchev–Trinajstić information content (AvgIpc) is 2.95. The normalized spacial score (nSPS) is 9.67. The molecular weight excluding hydrogens is 258 g/mol. The topological polar surface area (TPSA) is 21.1 Å². The molecule has 114 valence electrons. The third kappa shape index (κ3) is 6.30. The number of hydrogen-bond donors (Lipinski definition) is 0. The van der Waals surface area contributed by atoms with Gasteiger partial charge in [-0.05, 0) is 25.1 Å². The Labute approximate surface area is 128 Å². The van der Waals surface area contributed by atoms with Crippen LogP contribution < -0.4 is 0 Å². The number of hydrogen-bond acceptors (Lipinski definition) is 2. The van der Waals surface area contributed by atoms with Gasteiger partial charge in [0.25, 0.3) is 0 Å². The van der Waals surface area contributed by atoms with Crippen molar-refractivity contribution in [2.75, 3.05) is 6.54 Å². The Morgan fingerprint density at radius 3 is 2.52 bits per heavy atom. The van der Waals surface area contributed by atoms with Crippen LogP contribution >= 0.6 is 0 Å². The second-order valence-corrected chi connectivity index (χ2v) is 4.75. The lowest BCUT2D eigenvalue weighted by Gasteiger charge is -2.20. The van der Waals surface area contributed by atoms with Gasteiger partial charge in [-0.15, -0.1) is 0 Å². The summed E-state index contributed by atoms with van der Waals surface area (Å²) >= 11 is 0. The first kappa shape index (κ1) is 17.0. The van der Waals surface area contributed by atoms with Crippen molar-refractivity contribution in [3.63, 3.8) is 0 Å². The minimum atomic E-state index is 0.924. The molecule has 1 aromatic carbocycles. The Morgan fingerprint density at radius 2 is 1.95 bits per heavy atom. The fourth-order valence-corrected chi connectivity index (χ4v) is 2.10. The van der Waals surface area contributed by atoms with Gasteiger partial charge in [0.05, 0.1) is 12.0 Å². The van der Waals surface area contributed by atoms with Gasteiger partial charge in [0, 0.05) is 25.8 Å². The maximum atomic E-state index is 4.23. The van der Waals surface area contributed by atoms with Gasteiger partial charge in [0.1, 0.15) is 0 Å². The van der Waals surface area contributed by atoms with Crippen molar-refractivity contribution in [3.8, 4) is 0 Å². The third-order valence-electron chi connectivity index (χ3n) is 3.11. The highest BCUT2D eigenvalue weighted by atomic mass is 15.1. The minimum absolute atomic E-state index is 0.924. The van der Waals surface area contributed by atoms with Gasteiger partial charge >= 0.3 is 0 Å². The van der Waals surface area contributed by atoms with E-state index in [0.717, 1.165) is 31.7 Å². The van der Waals surface area contributed by atoms with Crippen LogP contribution in [0, 0.1) is 6.92 Å². The summed E-state index contributed by atoms with van der Waals surface area (Å²) in [6, 6.07) is 10.5. The van der Waals surface area contributed by atoms with Gasteiger partial charge < -0.3 is 9.47 Å². The van der Waals surface area contributed by atoms with Gasteiger partial charge in [-0.3, -0.25) is 0 Å². The highest BCUT2D eigenvalue weighted by molar-refractivity contribution is 5.14. The summed E-state index contributed by atoms with van der Waals surface area (Å²) in [6.45, 7) is 12.8. The predicted molar refractivity (Wildman–Crippen MR) is 90.0 cm³/mol. The predicted octanol–water partition coefficient (Wildman–Crippen LogP) is 4.25. The van der Waals surface area contributed by atoms with E-state index in [0.29, 0.717) is 0 Å². The number of rotatable bonds is 7. The van der Waals surface area contributed by atoms with Gasteiger partial charge in [0.2, 0.25) is 0 Å². The Hall–Kier alpha value is -2.03. The lowest BCUT2D eigenvalue weighted by Crippen LogP contribution is -2.19. The van der Waals surface area contributed by atoms with Crippen molar-refractivity contribution < 1.29 is 0 Å². The van der Waals surface area contributed by atoms with Crippen LogP contribution in [0.5, 0.6) is 0 Å². The van der Waals surface area contributed by atoms with Crippen LogP contribution in [0.2, 0.25) is 0 Å². The van der Waals surface area contributed by atoms with Crippen LogP contribution in [0.25, 0.3) is 0 Å². The molecule has 21 heavy (non-hydrogen) atoms. The third-order valence-corrected chi connectivity index (χ3v) is 3.11. The molecule has 0 amide bonds. The molecule has 0 spiro atoms. The summed E-state index contributed by atoms with van der Waals surface area (Å²) in [5.74, 6) is 0. The van der Waals surface area contributed by atoms with E-state index in [1.165, 1.54) is 5.56 Å². The molecule has 0 aliphatic rings. The molecule has 0 saturated heterocycles. The molecule has 0 unspecified atom stereocenters. The Morgan fingerprint density at radius 1 is 1.24 bits per heavy atom. The van der Waals surface area contributed by atoms with E-state index < -0.39 is 0 Å². The standard InChI is InChI=1S/C16H21N3.C2H6/c1-3-18(13-16-8-5-4-6-9-16)10-7-11-19-12-15(2)17-14-19;1-2/h3-6,8-9,12,14H,1,7,10-11,13H2,2H3;1-2H3. The molecule has 0 aliphatic heterocycles. The molecule has 0 saturated carbocycles. The molecule has 0 bridgehead atoms. The van der Waals surface area contributed by atoms with Crippen molar-refractivity contribution in [2.45, 2.75) is 40.3 Å². The number of benzene rings is 1. The Kier molecular flexibility index (Phi) is 7.95. The lowest BCUT2D eigenvalue weighted by atomic mass is 10.2. The number of aromatic nitrogens is 2. The number of imidazole rings is 1. The first-order chi connectivity index (χ1) is 10.3. The van der Waals surface area contributed by atoms with Crippen LogP contribution in [0.4, 0.5) is 0 Å². The van der Waals surface area contributed by atoms with Gasteiger partial charge in [-0.1, -0.05) is 50.8 Å². The molecule has 0 N–H and O–H groups in total. The van der Waals surface area contributed by atoms with Crippen molar-refractivity contribution >= 4 is 0 Å². The smallest absolute Gasteiger partial charge is 0.0949 e. The SMILES string of the molecule is C=CN(CCCn1cnc(C)c1)Cc1ccccc1.CC. The molecule has 2 aromatic rings. The molecule has 3 heteroatoms. The van der Waals surface area contributed by atoms with E-state index in [1.807, 2.05) is 39.4 Å². The Bertz CT molecular complexity index is 502. The first-order valence-electron chi connectivity index (χ1n) is 7.67. The zero-order valence-electron chi connectivity index (χ0n) is 13.5. The van der Waals surface area contributed by atoms with Crippen molar-refractivity contribution in [1.82, 2.24) is 14.5 Å². The molecule has 0 aliphatic carbocycles. The fraction of sp³-hybridized carbons (Fsp3) is 0.389. The second-order valence-electron chi connectivity index (χ2n) is 4.75. The molecule has 0 atom stereocenters. The molecular formula is C18H27N3. The maximum Gasteiger partial charge on any atom is 0.0949 e. The molecule has 1 heterocycles. The average molecular weight is 285 g/mol. The van der Waals surface area contributed by atoms with Gasteiger partial charge in [0.15, 0.2) is 0 Å². The van der Waals surface area contributed by atoms with Crippen LogP contribution in [0.1, 0.15) is 31.5 Å². The van der Waals surface area contributed by atoms with E-state index in [2.05, 4.69) is 51.5 Å². The maximum absolute atomic E-state index is 4.23. The first-order valence-corrected chi connectivity index (χ1v) is 7.67. The quantitative estimate of drug-likeness (QED) is 0.758. The van der Waals surface area contributed by atoms with E-state index in [-0.39, 0.29) is 0 Å².